The van der Waals surface area contributed by atoms with Crippen LogP contribution in [0.4, 0.5) is 4.79 Å². The van der Waals surface area contributed by atoms with Gasteiger partial charge in [0, 0.05) is 13.1 Å². The maximum atomic E-state index is 11.4. The maximum absolute atomic E-state index is 11.4. The minimum absolute atomic E-state index is 0.0900. The predicted octanol–water partition coefficient (Wildman–Crippen LogP) is 1.41. The lowest BCUT2D eigenvalue weighted by atomic mass is 9.80. The van der Waals surface area contributed by atoms with Crippen LogP contribution < -0.4 is 0 Å². The highest BCUT2D eigenvalue weighted by molar-refractivity contribution is 6.17. The second-order valence-corrected chi connectivity index (χ2v) is 4.63. The first-order valence-electron chi connectivity index (χ1n) is 5.36. The van der Waals surface area contributed by atoms with Gasteiger partial charge in [-0.25, -0.2) is 4.79 Å². The Morgan fingerprint density at radius 1 is 1.40 bits per heavy atom. The van der Waals surface area contributed by atoms with Crippen LogP contribution >= 0.6 is 11.6 Å². The largest absolute Gasteiger partial charge is 0.433 e. The molecule has 1 N–H and O–H groups in total. The zero-order chi connectivity index (χ0) is 10.8. The first-order chi connectivity index (χ1) is 7.20. The summed E-state index contributed by atoms with van der Waals surface area (Å²) >= 11 is 5.34. The maximum Gasteiger partial charge on any atom is 0.410 e. The summed E-state index contributed by atoms with van der Waals surface area (Å²) in [6.45, 7) is 1.46. The molecule has 4 nitrogen and oxygen atoms in total. The summed E-state index contributed by atoms with van der Waals surface area (Å²) < 4.78 is 4.75. The van der Waals surface area contributed by atoms with Gasteiger partial charge in [0.15, 0.2) is 6.07 Å². The predicted molar refractivity (Wildman–Crippen MR) is 55.6 cm³/mol. The molecule has 3 unspecified atom stereocenters. The SMILES string of the molecule is O=C(OCCl)N1CC2CCC(O)CC2C1. The fraction of sp³-hybridized carbons (Fsp3) is 0.900. The zero-order valence-corrected chi connectivity index (χ0v) is 9.32. The number of carbonyl (C=O) groups excluding carboxylic acids is 1. The van der Waals surface area contributed by atoms with Gasteiger partial charge in [-0.2, -0.15) is 0 Å². The van der Waals surface area contributed by atoms with E-state index in [0.29, 0.717) is 18.4 Å². The van der Waals surface area contributed by atoms with Gasteiger partial charge < -0.3 is 14.7 Å². The first-order valence-corrected chi connectivity index (χ1v) is 5.90. The number of hydrogen-bond acceptors (Lipinski definition) is 3. The van der Waals surface area contributed by atoms with Crippen molar-refractivity contribution in [3.8, 4) is 0 Å². The van der Waals surface area contributed by atoms with Crippen LogP contribution in [0.1, 0.15) is 19.3 Å². The van der Waals surface area contributed by atoms with Crippen molar-refractivity contribution in [1.82, 2.24) is 4.90 Å². The summed E-state index contributed by atoms with van der Waals surface area (Å²) in [6, 6.07) is -0.0900. The molecule has 5 heteroatoms. The molecular formula is C10H16ClNO3. The Bertz CT molecular complexity index is 249. The lowest BCUT2D eigenvalue weighted by Crippen LogP contribution is -2.29. The van der Waals surface area contributed by atoms with Gasteiger partial charge in [-0.1, -0.05) is 11.6 Å². The fourth-order valence-electron chi connectivity index (χ4n) is 2.69. The van der Waals surface area contributed by atoms with Crippen LogP contribution in [0, 0.1) is 11.8 Å². The third kappa shape index (κ3) is 2.37. The Hall–Kier alpha value is -0.480. The third-order valence-corrected chi connectivity index (χ3v) is 3.57. The third-order valence-electron chi connectivity index (χ3n) is 3.46. The van der Waals surface area contributed by atoms with E-state index in [4.69, 9.17) is 16.3 Å². The van der Waals surface area contributed by atoms with Crippen LogP contribution in [-0.2, 0) is 4.74 Å². The quantitative estimate of drug-likeness (QED) is 0.697. The van der Waals surface area contributed by atoms with E-state index in [0.717, 1.165) is 25.8 Å². The van der Waals surface area contributed by atoms with Crippen molar-refractivity contribution in [2.45, 2.75) is 25.4 Å². The Kier molecular flexibility index (Phi) is 3.36. The van der Waals surface area contributed by atoms with Gasteiger partial charge in [-0.05, 0) is 31.1 Å². The van der Waals surface area contributed by atoms with Crippen molar-refractivity contribution < 1.29 is 14.6 Å². The lowest BCUT2D eigenvalue weighted by molar-refractivity contribution is 0.0863. The highest BCUT2D eigenvalue weighted by atomic mass is 35.5. The lowest BCUT2D eigenvalue weighted by Gasteiger charge is -2.27. The number of aliphatic hydroxyl groups excluding tert-OH is 1. The summed E-state index contributed by atoms with van der Waals surface area (Å²) in [5.74, 6) is 0.980. The molecule has 2 rings (SSSR count). The number of hydrogen-bond donors (Lipinski definition) is 1. The standard InChI is InChI=1S/C10H16ClNO3/c11-6-15-10(14)12-4-7-1-2-9(13)3-8(7)5-12/h7-9,13H,1-6H2. The molecular weight excluding hydrogens is 218 g/mol. The fourth-order valence-corrected chi connectivity index (χ4v) is 2.79. The molecule has 1 aliphatic heterocycles. The van der Waals surface area contributed by atoms with Crippen LogP contribution in [0.25, 0.3) is 0 Å². The molecule has 0 aromatic carbocycles. The number of alkyl halides is 1. The number of aliphatic hydroxyl groups is 1. The average Bonchev–Trinajstić information content (AvgIpc) is 2.60. The number of fused-ring (bicyclic) bond motifs is 1. The van der Waals surface area contributed by atoms with Crippen LogP contribution in [-0.4, -0.2) is 41.4 Å². The smallest absolute Gasteiger partial charge is 0.410 e. The number of rotatable bonds is 1. The summed E-state index contributed by atoms with van der Waals surface area (Å²) in [4.78, 5) is 13.1. The number of amides is 1. The molecule has 1 saturated carbocycles. The van der Waals surface area contributed by atoms with Crippen molar-refractivity contribution in [2.75, 3.05) is 19.2 Å². The summed E-state index contributed by atoms with van der Waals surface area (Å²) in [5, 5.41) is 9.53. The summed E-state index contributed by atoms with van der Waals surface area (Å²) in [6.07, 6.45) is 2.18. The van der Waals surface area contributed by atoms with Crippen molar-refractivity contribution >= 4 is 17.7 Å². The number of carbonyl (C=O) groups is 1. The Morgan fingerprint density at radius 2 is 2.13 bits per heavy atom. The molecule has 1 saturated heterocycles. The zero-order valence-electron chi connectivity index (χ0n) is 8.56. The van der Waals surface area contributed by atoms with Crippen molar-refractivity contribution in [3.63, 3.8) is 0 Å². The molecule has 1 aliphatic carbocycles. The highest BCUT2D eigenvalue weighted by Gasteiger charge is 2.39. The second-order valence-electron chi connectivity index (χ2n) is 4.41. The second kappa shape index (κ2) is 4.58. The van der Waals surface area contributed by atoms with E-state index in [2.05, 4.69) is 0 Å². The van der Waals surface area contributed by atoms with E-state index in [9.17, 15) is 9.90 Å². The minimum atomic E-state index is -0.325. The van der Waals surface area contributed by atoms with Gasteiger partial charge in [0.2, 0.25) is 0 Å². The van der Waals surface area contributed by atoms with Crippen molar-refractivity contribution in [1.29, 1.82) is 0 Å². The van der Waals surface area contributed by atoms with Gasteiger partial charge in [0.1, 0.15) is 0 Å². The molecule has 15 heavy (non-hydrogen) atoms. The normalized spacial score (nSPS) is 35.1. The van der Waals surface area contributed by atoms with Gasteiger partial charge in [-0.3, -0.25) is 0 Å². The molecule has 3 atom stereocenters. The molecule has 0 aromatic rings. The number of ether oxygens (including phenoxy) is 1. The molecule has 2 aliphatic rings. The van der Waals surface area contributed by atoms with Crippen LogP contribution in [0.15, 0.2) is 0 Å². The van der Waals surface area contributed by atoms with Gasteiger partial charge in [-0.15, -0.1) is 0 Å². The van der Waals surface area contributed by atoms with Gasteiger partial charge in [0.25, 0.3) is 0 Å². The molecule has 1 heterocycles. The van der Waals surface area contributed by atoms with E-state index in [1.54, 1.807) is 4.90 Å². The van der Waals surface area contributed by atoms with E-state index >= 15 is 0 Å². The number of halogens is 1. The van der Waals surface area contributed by atoms with Crippen LogP contribution in [0.3, 0.4) is 0 Å². The van der Waals surface area contributed by atoms with Gasteiger partial charge >= 0.3 is 6.09 Å². The highest BCUT2D eigenvalue weighted by Crippen LogP contribution is 2.36. The average molecular weight is 234 g/mol. The van der Waals surface area contributed by atoms with Crippen LogP contribution in [0.5, 0.6) is 0 Å². The monoisotopic (exact) mass is 233 g/mol. The van der Waals surface area contributed by atoms with E-state index in [1.165, 1.54) is 0 Å². The van der Waals surface area contributed by atoms with E-state index in [-0.39, 0.29) is 18.3 Å². The number of likely N-dealkylation sites (tertiary alicyclic amines) is 1. The molecule has 0 bridgehead atoms. The molecule has 0 radical (unpaired) electrons. The Morgan fingerprint density at radius 3 is 2.87 bits per heavy atom. The van der Waals surface area contributed by atoms with Crippen LogP contribution in [0.2, 0.25) is 0 Å². The van der Waals surface area contributed by atoms with Crippen molar-refractivity contribution in [3.05, 3.63) is 0 Å². The summed E-state index contributed by atoms with van der Waals surface area (Å²) in [7, 11) is 0. The first kappa shape index (κ1) is 11.0. The molecule has 2 fully saturated rings. The number of nitrogens with zero attached hydrogens (tertiary/aromatic N) is 1. The minimum Gasteiger partial charge on any atom is -0.433 e. The Labute approximate surface area is 94.1 Å². The molecule has 0 spiro atoms. The molecule has 0 aromatic heterocycles. The van der Waals surface area contributed by atoms with E-state index in [1.807, 2.05) is 0 Å². The molecule has 86 valence electrons. The van der Waals surface area contributed by atoms with Crippen molar-refractivity contribution in [2.24, 2.45) is 11.8 Å². The Balaban J connectivity index is 1.90. The molecule has 1 amide bonds. The summed E-state index contributed by atoms with van der Waals surface area (Å²) in [5.41, 5.74) is 0. The topological polar surface area (TPSA) is 49.8 Å². The van der Waals surface area contributed by atoms with Gasteiger partial charge in [0.05, 0.1) is 6.10 Å². The van der Waals surface area contributed by atoms with E-state index < -0.39 is 0 Å².